The number of hydrogen-bond donors (Lipinski definition) is 3. The zero-order valence-electron chi connectivity index (χ0n) is 14.6. The number of anilines is 3. The SMILES string of the molecule is CCn1cc(NC(=O)Nc2cccc(Cl)c2)c(C(=O)Nc2ccccc2)n1. The van der Waals surface area contributed by atoms with E-state index in [1.807, 2.05) is 25.1 Å². The lowest BCUT2D eigenvalue weighted by Crippen LogP contribution is -2.22. The Morgan fingerprint density at radius 3 is 2.44 bits per heavy atom. The Hall–Kier alpha value is -3.32. The number of carbonyl (C=O) groups excluding carboxylic acids is 2. The van der Waals surface area contributed by atoms with Crippen LogP contribution in [-0.2, 0) is 6.54 Å². The molecule has 0 atom stereocenters. The van der Waals surface area contributed by atoms with Crippen molar-refractivity contribution in [1.82, 2.24) is 9.78 Å². The molecular weight excluding hydrogens is 366 g/mol. The summed E-state index contributed by atoms with van der Waals surface area (Å²) in [5, 5.41) is 12.8. The van der Waals surface area contributed by atoms with Crippen molar-refractivity contribution in [3.05, 3.63) is 71.5 Å². The van der Waals surface area contributed by atoms with Gasteiger partial charge in [-0.1, -0.05) is 35.9 Å². The molecule has 3 aromatic rings. The van der Waals surface area contributed by atoms with Gasteiger partial charge in [-0.25, -0.2) is 4.79 Å². The molecule has 1 heterocycles. The van der Waals surface area contributed by atoms with Crippen molar-refractivity contribution in [3.8, 4) is 0 Å². The number of amides is 3. The Bertz CT molecular complexity index is 956. The Labute approximate surface area is 161 Å². The summed E-state index contributed by atoms with van der Waals surface area (Å²) in [6.07, 6.45) is 1.61. The van der Waals surface area contributed by atoms with E-state index in [1.54, 1.807) is 47.3 Å². The van der Waals surface area contributed by atoms with Crippen molar-refractivity contribution in [2.24, 2.45) is 0 Å². The van der Waals surface area contributed by atoms with Gasteiger partial charge in [0.1, 0.15) is 0 Å². The molecule has 3 rings (SSSR count). The number of nitrogens with one attached hydrogen (secondary N) is 3. The maximum atomic E-state index is 12.6. The van der Waals surface area contributed by atoms with Gasteiger partial charge in [0.25, 0.3) is 5.91 Å². The summed E-state index contributed by atoms with van der Waals surface area (Å²) in [6, 6.07) is 15.3. The molecule has 3 amide bonds. The van der Waals surface area contributed by atoms with Gasteiger partial charge >= 0.3 is 6.03 Å². The second kappa shape index (κ2) is 8.37. The molecule has 8 heteroatoms. The Morgan fingerprint density at radius 2 is 1.74 bits per heavy atom. The summed E-state index contributed by atoms with van der Waals surface area (Å²) in [7, 11) is 0. The van der Waals surface area contributed by atoms with E-state index < -0.39 is 11.9 Å². The molecule has 0 bridgehead atoms. The molecule has 138 valence electrons. The highest BCUT2D eigenvalue weighted by Gasteiger charge is 2.19. The molecule has 1 aromatic heterocycles. The zero-order valence-corrected chi connectivity index (χ0v) is 15.3. The van der Waals surface area contributed by atoms with E-state index in [1.165, 1.54) is 0 Å². The minimum atomic E-state index is -0.498. The zero-order chi connectivity index (χ0) is 19.2. The summed E-state index contributed by atoms with van der Waals surface area (Å²) in [5.41, 5.74) is 1.62. The molecule has 3 N–H and O–H groups in total. The van der Waals surface area contributed by atoms with Gasteiger partial charge in [-0.2, -0.15) is 5.10 Å². The number of aryl methyl sites for hydroxylation is 1. The van der Waals surface area contributed by atoms with Crippen LogP contribution in [-0.4, -0.2) is 21.7 Å². The second-order valence-corrected chi connectivity index (χ2v) is 6.09. The van der Waals surface area contributed by atoms with Crippen LogP contribution >= 0.6 is 11.6 Å². The van der Waals surface area contributed by atoms with Crippen LogP contribution in [0.3, 0.4) is 0 Å². The Balaban J connectivity index is 1.75. The van der Waals surface area contributed by atoms with Crippen LogP contribution in [0.15, 0.2) is 60.8 Å². The first-order valence-corrected chi connectivity index (χ1v) is 8.70. The quantitative estimate of drug-likeness (QED) is 0.608. The monoisotopic (exact) mass is 383 g/mol. The average molecular weight is 384 g/mol. The van der Waals surface area contributed by atoms with Gasteiger partial charge in [0.15, 0.2) is 5.69 Å². The number of benzene rings is 2. The number of halogens is 1. The van der Waals surface area contributed by atoms with Crippen LogP contribution in [0, 0.1) is 0 Å². The lowest BCUT2D eigenvalue weighted by molar-refractivity contribution is 0.102. The molecule has 0 aliphatic carbocycles. The highest BCUT2D eigenvalue weighted by atomic mass is 35.5. The van der Waals surface area contributed by atoms with Gasteiger partial charge in [0.05, 0.1) is 5.69 Å². The Morgan fingerprint density at radius 1 is 1.00 bits per heavy atom. The van der Waals surface area contributed by atoms with Crippen molar-refractivity contribution in [2.75, 3.05) is 16.0 Å². The third kappa shape index (κ3) is 4.86. The van der Waals surface area contributed by atoms with E-state index in [-0.39, 0.29) is 5.69 Å². The summed E-state index contributed by atoms with van der Waals surface area (Å²) in [4.78, 5) is 24.9. The van der Waals surface area contributed by atoms with Crippen molar-refractivity contribution in [3.63, 3.8) is 0 Å². The van der Waals surface area contributed by atoms with E-state index in [2.05, 4.69) is 21.0 Å². The van der Waals surface area contributed by atoms with E-state index in [0.29, 0.717) is 28.6 Å². The van der Waals surface area contributed by atoms with Crippen LogP contribution in [0.2, 0.25) is 5.02 Å². The molecule has 0 aliphatic rings. The first-order chi connectivity index (χ1) is 13.0. The highest BCUT2D eigenvalue weighted by Crippen LogP contribution is 2.18. The smallest absolute Gasteiger partial charge is 0.321 e. The van der Waals surface area contributed by atoms with Gasteiger partial charge in [0, 0.05) is 29.1 Å². The lowest BCUT2D eigenvalue weighted by Gasteiger charge is -2.08. The van der Waals surface area contributed by atoms with E-state index in [4.69, 9.17) is 11.6 Å². The minimum absolute atomic E-state index is 0.127. The number of para-hydroxylation sites is 1. The van der Waals surface area contributed by atoms with Gasteiger partial charge in [0.2, 0.25) is 0 Å². The van der Waals surface area contributed by atoms with E-state index >= 15 is 0 Å². The number of rotatable bonds is 5. The highest BCUT2D eigenvalue weighted by molar-refractivity contribution is 6.30. The fourth-order valence-electron chi connectivity index (χ4n) is 2.41. The van der Waals surface area contributed by atoms with Crippen LogP contribution in [0.4, 0.5) is 21.9 Å². The van der Waals surface area contributed by atoms with Crippen LogP contribution in [0.25, 0.3) is 0 Å². The molecule has 0 fully saturated rings. The van der Waals surface area contributed by atoms with E-state index in [0.717, 1.165) is 0 Å². The number of urea groups is 1. The number of aromatic nitrogens is 2. The summed E-state index contributed by atoms with van der Waals surface area (Å²) < 4.78 is 1.58. The summed E-state index contributed by atoms with van der Waals surface area (Å²) in [5.74, 6) is -0.411. The van der Waals surface area contributed by atoms with Crippen molar-refractivity contribution in [1.29, 1.82) is 0 Å². The number of hydrogen-bond acceptors (Lipinski definition) is 3. The largest absolute Gasteiger partial charge is 0.323 e. The van der Waals surface area contributed by atoms with Gasteiger partial charge in [-0.3, -0.25) is 9.48 Å². The molecule has 0 saturated heterocycles. The molecule has 2 aromatic carbocycles. The first-order valence-electron chi connectivity index (χ1n) is 8.32. The number of carbonyl (C=O) groups is 2. The third-order valence-corrected chi connectivity index (χ3v) is 3.90. The summed E-state index contributed by atoms with van der Waals surface area (Å²) >= 11 is 5.92. The molecular formula is C19H18ClN5O2. The third-order valence-electron chi connectivity index (χ3n) is 3.66. The predicted octanol–water partition coefficient (Wildman–Crippen LogP) is 4.45. The van der Waals surface area contributed by atoms with Gasteiger partial charge < -0.3 is 16.0 Å². The van der Waals surface area contributed by atoms with Crippen LogP contribution in [0.1, 0.15) is 17.4 Å². The summed E-state index contributed by atoms with van der Waals surface area (Å²) in [6.45, 7) is 2.45. The van der Waals surface area contributed by atoms with Crippen molar-refractivity contribution < 1.29 is 9.59 Å². The average Bonchev–Trinajstić information content (AvgIpc) is 3.05. The van der Waals surface area contributed by atoms with Crippen molar-refractivity contribution >= 4 is 40.6 Å². The fourth-order valence-corrected chi connectivity index (χ4v) is 2.60. The van der Waals surface area contributed by atoms with Gasteiger partial charge in [-0.05, 0) is 37.3 Å². The fraction of sp³-hybridized carbons (Fsp3) is 0.105. The first kappa shape index (κ1) is 18.5. The maximum Gasteiger partial charge on any atom is 0.323 e. The van der Waals surface area contributed by atoms with Crippen molar-refractivity contribution in [2.45, 2.75) is 13.5 Å². The maximum absolute atomic E-state index is 12.6. The molecule has 0 radical (unpaired) electrons. The van der Waals surface area contributed by atoms with E-state index in [9.17, 15) is 9.59 Å². The molecule has 7 nitrogen and oxygen atoms in total. The molecule has 0 aliphatic heterocycles. The topological polar surface area (TPSA) is 88.0 Å². The van der Waals surface area contributed by atoms with Crippen LogP contribution in [0.5, 0.6) is 0 Å². The lowest BCUT2D eigenvalue weighted by atomic mass is 10.3. The predicted molar refractivity (Wildman–Crippen MR) is 106 cm³/mol. The molecule has 0 unspecified atom stereocenters. The minimum Gasteiger partial charge on any atom is -0.321 e. The standard InChI is InChI=1S/C19H18ClN5O2/c1-2-25-12-16(23-19(27)22-15-10-6-7-13(20)11-15)17(24-25)18(26)21-14-8-4-3-5-9-14/h3-12H,2H2,1H3,(H,21,26)(H2,22,23,27). The van der Waals surface area contributed by atoms with Crippen LogP contribution < -0.4 is 16.0 Å². The second-order valence-electron chi connectivity index (χ2n) is 5.66. The normalized spacial score (nSPS) is 10.3. The van der Waals surface area contributed by atoms with Gasteiger partial charge in [-0.15, -0.1) is 0 Å². The molecule has 27 heavy (non-hydrogen) atoms. The molecule has 0 saturated carbocycles. The number of nitrogens with zero attached hydrogens (tertiary/aromatic N) is 2. The Kier molecular flexibility index (Phi) is 5.73. The molecule has 0 spiro atoms.